The van der Waals surface area contributed by atoms with E-state index in [2.05, 4.69) is 5.32 Å². The third-order valence-electron chi connectivity index (χ3n) is 3.67. The monoisotopic (exact) mass is 281 g/mol. The van der Waals surface area contributed by atoms with E-state index in [0.29, 0.717) is 0 Å². The number of aromatic carboxylic acids is 1. The number of anilines is 1. The van der Waals surface area contributed by atoms with Crippen molar-refractivity contribution in [3.05, 3.63) is 29.6 Å². The van der Waals surface area contributed by atoms with Crippen LogP contribution in [0.15, 0.2) is 18.2 Å². The molecular weight excluding hydrogens is 265 g/mol. The maximum absolute atomic E-state index is 13.7. The molecule has 108 valence electrons. The fraction of sp³-hybridized carbons (Fsp3) is 0.429. The lowest BCUT2D eigenvalue weighted by molar-refractivity contribution is -0.129. The topological polar surface area (TPSA) is 75.6 Å². The van der Waals surface area contributed by atoms with Gasteiger partial charge in [0.1, 0.15) is 5.82 Å². The number of amides is 1. The number of hydrogen-bond donors (Lipinski definition) is 2. The van der Waals surface area contributed by atoms with Gasteiger partial charge in [-0.2, -0.15) is 0 Å². The first-order valence-corrected chi connectivity index (χ1v) is 6.34. The van der Waals surface area contributed by atoms with E-state index in [9.17, 15) is 14.0 Å². The van der Waals surface area contributed by atoms with Gasteiger partial charge in [0.2, 0.25) is 5.91 Å². The average molecular weight is 281 g/mol. The Kier molecular flexibility index (Phi) is 4.04. The molecule has 1 aliphatic carbocycles. The number of nitrogens with one attached hydrogen (secondary N) is 1. The largest absolute Gasteiger partial charge is 0.478 e. The van der Waals surface area contributed by atoms with Crippen LogP contribution in [0.25, 0.3) is 0 Å². The molecule has 0 aliphatic heterocycles. The molecule has 0 atom stereocenters. The van der Waals surface area contributed by atoms with Gasteiger partial charge >= 0.3 is 5.97 Å². The fourth-order valence-corrected chi connectivity index (χ4v) is 2.26. The van der Waals surface area contributed by atoms with Crippen LogP contribution in [0.2, 0.25) is 0 Å². The van der Waals surface area contributed by atoms with Crippen molar-refractivity contribution in [2.75, 3.05) is 12.4 Å². The molecule has 2 rings (SSSR count). The van der Waals surface area contributed by atoms with Crippen molar-refractivity contribution in [1.82, 2.24) is 0 Å². The Morgan fingerprint density at radius 2 is 2.15 bits per heavy atom. The molecule has 1 aromatic rings. The molecule has 1 amide bonds. The van der Waals surface area contributed by atoms with E-state index in [1.807, 2.05) is 0 Å². The number of hydrogen-bond acceptors (Lipinski definition) is 3. The van der Waals surface area contributed by atoms with E-state index < -0.39 is 17.4 Å². The molecule has 20 heavy (non-hydrogen) atoms. The van der Waals surface area contributed by atoms with Gasteiger partial charge in [0.15, 0.2) is 0 Å². The van der Waals surface area contributed by atoms with E-state index in [4.69, 9.17) is 9.84 Å². The highest BCUT2D eigenvalue weighted by Crippen LogP contribution is 2.38. The Balaban J connectivity index is 2.02. The van der Waals surface area contributed by atoms with E-state index >= 15 is 0 Å². The summed E-state index contributed by atoms with van der Waals surface area (Å²) in [6.45, 7) is 0. The number of benzene rings is 1. The van der Waals surface area contributed by atoms with Crippen LogP contribution in [0.3, 0.4) is 0 Å². The molecule has 0 saturated heterocycles. The fourth-order valence-electron chi connectivity index (χ4n) is 2.26. The number of methoxy groups -OCH3 is 1. The predicted octanol–water partition coefficient (Wildman–Crippen LogP) is 2.42. The summed E-state index contributed by atoms with van der Waals surface area (Å²) >= 11 is 0. The summed E-state index contributed by atoms with van der Waals surface area (Å²) in [6.07, 6.45) is 2.82. The third-order valence-corrected chi connectivity index (χ3v) is 3.67. The molecular formula is C14H16FNO4. The van der Waals surface area contributed by atoms with Gasteiger partial charge in [-0.15, -0.1) is 0 Å². The van der Waals surface area contributed by atoms with Crippen molar-refractivity contribution in [3.8, 4) is 0 Å². The van der Waals surface area contributed by atoms with Crippen molar-refractivity contribution in [2.24, 2.45) is 0 Å². The van der Waals surface area contributed by atoms with Gasteiger partial charge in [0.25, 0.3) is 0 Å². The molecule has 5 nitrogen and oxygen atoms in total. The lowest BCUT2D eigenvalue weighted by atomic mass is 9.77. The van der Waals surface area contributed by atoms with Crippen LogP contribution >= 0.6 is 0 Å². The Bertz CT molecular complexity index is 534. The smallest absolute Gasteiger partial charge is 0.335 e. The summed E-state index contributed by atoms with van der Waals surface area (Å²) in [7, 11) is 1.56. The van der Waals surface area contributed by atoms with Gasteiger partial charge in [0.05, 0.1) is 23.3 Å². The van der Waals surface area contributed by atoms with Crippen molar-refractivity contribution >= 4 is 17.6 Å². The summed E-state index contributed by atoms with van der Waals surface area (Å²) < 4.78 is 19.0. The first-order chi connectivity index (χ1) is 9.46. The number of halogens is 1. The van der Waals surface area contributed by atoms with Crippen LogP contribution in [0.1, 0.15) is 36.0 Å². The number of ether oxygens (including phenoxy) is 1. The minimum atomic E-state index is -1.21. The molecule has 1 saturated carbocycles. The molecule has 0 bridgehead atoms. The van der Waals surface area contributed by atoms with Crippen LogP contribution in [0.4, 0.5) is 10.1 Å². The zero-order chi connectivity index (χ0) is 14.8. The second-order valence-corrected chi connectivity index (χ2v) is 4.97. The maximum Gasteiger partial charge on any atom is 0.335 e. The van der Waals surface area contributed by atoms with Gasteiger partial charge in [0, 0.05) is 7.11 Å². The molecule has 1 aromatic carbocycles. The van der Waals surface area contributed by atoms with Gasteiger partial charge in [-0.1, -0.05) is 0 Å². The Morgan fingerprint density at radius 3 is 2.60 bits per heavy atom. The standard InChI is InChI=1S/C14H16FNO4/c1-20-14(5-2-6-14)8-12(17)16-11-4-3-9(13(18)19)7-10(11)15/h3-4,7H,2,5-6,8H2,1H3,(H,16,17)(H,18,19). The average Bonchev–Trinajstić information content (AvgIpc) is 2.36. The minimum Gasteiger partial charge on any atom is -0.478 e. The van der Waals surface area contributed by atoms with E-state index in [1.54, 1.807) is 7.11 Å². The summed E-state index contributed by atoms with van der Waals surface area (Å²) in [5.41, 5.74) is -0.611. The van der Waals surface area contributed by atoms with E-state index in [0.717, 1.165) is 25.3 Å². The molecule has 1 aliphatic rings. The molecule has 0 aromatic heterocycles. The Hall–Kier alpha value is -1.95. The SMILES string of the molecule is COC1(CC(=O)Nc2ccc(C(=O)O)cc2F)CCC1. The zero-order valence-electron chi connectivity index (χ0n) is 11.1. The van der Waals surface area contributed by atoms with Gasteiger partial charge in [-0.05, 0) is 37.5 Å². The minimum absolute atomic E-state index is 0.0226. The van der Waals surface area contributed by atoms with Crippen LogP contribution in [0, 0.1) is 5.82 Å². The highest BCUT2D eigenvalue weighted by molar-refractivity contribution is 5.93. The normalized spacial score (nSPS) is 16.3. The van der Waals surface area contributed by atoms with Crippen molar-refractivity contribution in [2.45, 2.75) is 31.3 Å². The first-order valence-electron chi connectivity index (χ1n) is 6.34. The van der Waals surface area contributed by atoms with Gasteiger partial charge in [-0.25, -0.2) is 9.18 Å². The van der Waals surface area contributed by atoms with Crippen LogP contribution in [-0.4, -0.2) is 29.7 Å². The number of rotatable bonds is 5. The molecule has 6 heteroatoms. The van der Waals surface area contributed by atoms with Crippen LogP contribution in [-0.2, 0) is 9.53 Å². The van der Waals surface area contributed by atoms with Crippen molar-refractivity contribution < 1.29 is 23.8 Å². The highest BCUT2D eigenvalue weighted by Gasteiger charge is 2.39. The third kappa shape index (κ3) is 2.96. The molecule has 0 radical (unpaired) electrons. The second kappa shape index (κ2) is 5.58. The molecule has 0 unspecified atom stereocenters. The Morgan fingerprint density at radius 1 is 1.45 bits per heavy atom. The van der Waals surface area contributed by atoms with Crippen LogP contribution in [0.5, 0.6) is 0 Å². The number of carbonyl (C=O) groups is 2. The Labute approximate surface area is 115 Å². The van der Waals surface area contributed by atoms with Gasteiger partial charge in [-0.3, -0.25) is 4.79 Å². The van der Waals surface area contributed by atoms with Crippen molar-refractivity contribution in [3.63, 3.8) is 0 Å². The quantitative estimate of drug-likeness (QED) is 0.869. The first kappa shape index (κ1) is 14.5. The molecule has 1 fully saturated rings. The molecule has 0 heterocycles. The number of carboxylic acid groups (broad SMARTS) is 1. The lowest BCUT2D eigenvalue weighted by Gasteiger charge is -2.39. The van der Waals surface area contributed by atoms with E-state index in [1.165, 1.54) is 12.1 Å². The number of carbonyl (C=O) groups excluding carboxylic acids is 1. The zero-order valence-corrected chi connectivity index (χ0v) is 11.1. The summed E-state index contributed by atoms with van der Waals surface area (Å²) in [5.74, 6) is -2.32. The molecule has 2 N–H and O–H groups in total. The predicted molar refractivity (Wildman–Crippen MR) is 70.2 cm³/mol. The van der Waals surface area contributed by atoms with Crippen LogP contribution < -0.4 is 5.32 Å². The van der Waals surface area contributed by atoms with Crippen molar-refractivity contribution in [1.29, 1.82) is 0 Å². The van der Waals surface area contributed by atoms with Gasteiger partial charge < -0.3 is 15.2 Å². The molecule has 0 spiro atoms. The number of carboxylic acids is 1. The maximum atomic E-state index is 13.7. The second-order valence-electron chi connectivity index (χ2n) is 4.97. The van der Waals surface area contributed by atoms with E-state index in [-0.39, 0.29) is 23.6 Å². The summed E-state index contributed by atoms with van der Waals surface area (Å²) in [4.78, 5) is 22.6. The summed E-state index contributed by atoms with van der Waals surface area (Å²) in [6, 6.07) is 3.38. The summed E-state index contributed by atoms with van der Waals surface area (Å²) in [5, 5.41) is 11.2. The lowest BCUT2D eigenvalue weighted by Crippen LogP contribution is -2.42. The highest BCUT2D eigenvalue weighted by atomic mass is 19.1.